The highest BCUT2D eigenvalue weighted by molar-refractivity contribution is 5.84. The standard InChI is InChI=1S/C24H34N2O3/c1-3-26(16-17-4-6-21(29-2)7-5-17)22(27)8-9-25-23(28)24-13-18-10-19(14-24)12-20(11-18)15-24/h4-7,18-20H,3,8-16H2,1-2H3,(H,25,28). The number of nitrogens with zero attached hydrogens (tertiary/aromatic N) is 1. The normalized spacial score (nSPS) is 29.5. The van der Waals surface area contributed by atoms with E-state index in [0.29, 0.717) is 26.1 Å². The Morgan fingerprint density at radius 3 is 2.17 bits per heavy atom. The number of benzene rings is 1. The lowest BCUT2D eigenvalue weighted by Crippen LogP contribution is -2.53. The summed E-state index contributed by atoms with van der Waals surface area (Å²) in [7, 11) is 1.65. The van der Waals surface area contributed by atoms with Crippen LogP contribution in [0.3, 0.4) is 0 Å². The highest BCUT2D eigenvalue weighted by Gasteiger charge is 2.54. The maximum Gasteiger partial charge on any atom is 0.226 e. The quantitative estimate of drug-likeness (QED) is 0.725. The van der Waals surface area contributed by atoms with Gasteiger partial charge in [-0.15, -0.1) is 0 Å². The number of amides is 2. The largest absolute Gasteiger partial charge is 0.497 e. The first-order chi connectivity index (χ1) is 14.0. The van der Waals surface area contributed by atoms with E-state index in [1.54, 1.807) is 7.11 Å². The summed E-state index contributed by atoms with van der Waals surface area (Å²) < 4.78 is 5.19. The maximum atomic E-state index is 13.0. The van der Waals surface area contributed by atoms with Crippen molar-refractivity contribution in [3.05, 3.63) is 29.8 Å². The maximum absolute atomic E-state index is 13.0. The number of rotatable bonds is 8. The second kappa shape index (κ2) is 8.37. The Morgan fingerprint density at radius 2 is 1.66 bits per heavy atom. The molecule has 5 rings (SSSR count). The van der Waals surface area contributed by atoms with Crippen molar-refractivity contribution >= 4 is 11.8 Å². The molecule has 0 radical (unpaired) electrons. The SMILES string of the molecule is CCN(Cc1ccc(OC)cc1)C(=O)CCNC(=O)C12CC3CC(CC(C3)C1)C2. The van der Waals surface area contributed by atoms with E-state index in [0.717, 1.165) is 48.3 Å². The molecule has 0 aromatic heterocycles. The van der Waals surface area contributed by atoms with Crippen LogP contribution in [0.1, 0.15) is 57.4 Å². The summed E-state index contributed by atoms with van der Waals surface area (Å²) in [5, 5.41) is 3.13. The molecule has 0 atom stereocenters. The van der Waals surface area contributed by atoms with Crippen LogP contribution in [0.5, 0.6) is 5.75 Å². The molecule has 4 aliphatic carbocycles. The lowest BCUT2D eigenvalue weighted by atomic mass is 9.49. The van der Waals surface area contributed by atoms with E-state index < -0.39 is 0 Å². The molecule has 4 saturated carbocycles. The molecular formula is C24H34N2O3. The fourth-order valence-electron chi connectivity index (χ4n) is 6.34. The van der Waals surface area contributed by atoms with Crippen molar-refractivity contribution in [2.75, 3.05) is 20.2 Å². The van der Waals surface area contributed by atoms with Crippen LogP contribution in [0, 0.1) is 23.2 Å². The summed E-state index contributed by atoms with van der Waals surface area (Å²) in [6.45, 7) is 3.68. The highest BCUT2D eigenvalue weighted by atomic mass is 16.5. The second-order valence-corrected chi connectivity index (χ2v) is 9.46. The molecule has 0 spiro atoms. The third-order valence-corrected chi connectivity index (χ3v) is 7.41. The average Bonchev–Trinajstić information content (AvgIpc) is 2.71. The third kappa shape index (κ3) is 4.29. The Balaban J connectivity index is 1.27. The van der Waals surface area contributed by atoms with Crippen molar-refractivity contribution in [3.63, 3.8) is 0 Å². The molecule has 4 aliphatic rings. The Bertz CT molecular complexity index is 708. The molecule has 0 unspecified atom stereocenters. The zero-order valence-corrected chi connectivity index (χ0v) is 17.8. The molecule has 4 fully saturated rings. The minimum atomic E-state index is -0.134. The van der Waals surface area contributed by atoms with Crippen molar-refractivity contribution in [2.45, 2.75) is 58.4 Å². The van der Waals surface area contributed by atoms with Crippen molar-refractivity contribution in [3.8, 4) is 5.75 Å². The molecule has 0 heterocycles. The summed E-state index contributed by atoms with van der Waals surface area (Å²) in [6, 6.07) is 7.81. The number of hydrogen-bond donors (Lipinski definition) is 1. The van der Waals surface area contributed by atoms with Gasteiger partial charge >= 0.3 is 0 Å². The van der Waals surface area contributed by atoms with Crippen molar-refractivity contribution in [1.82, 2.24) is 10.2 Å². The predicted octanol–water partition coefficient (Wildman–Crippen LogP) is 3.77. The van der Waals surface area contributed by atoms with Crippen LogP contribution in [0.2, 0.25) is 0 Å². The van der Waals surface area contributed by atoms with Crippen LogP contribution in [0.15, 0.2) is 24.3 Å². The van der Waals surface area contributed by atoms with Gasteiger partial charge in [0.2, 0.25) is 11.8 Å². The van der Waals surface area contributed by atoms with Crippen molar-refractivity contribution < 1.29 is 14.3 Å². The van der Waals surface area contributed by atoms with Crippen molar-refractivity contribution in [2.24, 2.45) is 23.2 Å². The van der Waals surface area contributed by atoms with Crippen LogP contribution in [0.4, 0.5) is 0 Å². The van der Waals surface area contributed by atoms with Gasteiger partial charge in [-0.3, -0.25) is 9.59 Å². The molecule has 29 heavy (non-hydrogen) atoms. The second-order valence-electron chi connectivity index (χ2n) is 9.46. The molecule has 2 amide bonds. The first-order valence-electron chi connectivity index (χ1n) is 11.2. The molecule has 1 aromatic rings. The van der Waals surface area contributed by atoms with E-state index in [2.05, 4.69) is 5.32 Å². The third-order valence-electron chi connectivity index (χ3n) is 7.41. The Labute approximate surface area is 174 Å². The van der Waals surface area contributed by atoms with Gasteiger partial charge in [0.05, 0.1) is 7.11 Å². The lowest BCUT2D eigenvalue weighted by Gasteiger charge is -2.55. The van der Waals surface area contributed by atoms with Gasteiger partial charge in [0.1, 0.15) is 5.75 Å². The van der Waals surface area contributed by atoms with E-state index in [-0.39, 0.29) is 17.2 Å². The molecule has 158 valence electrons. The minimum absolute atomic E-state index is 0.0918. The predicted molar refractivity (Wildman–Crippen MR) is 112 cm³/mol. The van der Waals surface area contributed by atoms with Gasteiger partial charge in [-0.05, 0) is 80.9 Å². The molecule has 0 aliphatic heterocycles. The summed E-state index contributed by atoms with van der Waals surface area (Å²) in [6.07, 6.45) is 7.57. The number of carbonyl (C=O) groups excluding carboxylic acids is 2. The highest BCUT2D eigenvalue weighted by Crippen LogP contribution is 2.60. The fraction of sp³-hybridized carbons (Fsp3) is 0.667. The summed E-state index contributed by atoms with van der Waals surface area (Å²) in [5.74, 6) is 3.39. The van der Waals surface area contributed by atoms with Gasteiger partial charge in [-0.1, -0.05) is 12.1 Å². The lowest BCUT2D eigenvalue weighted by molar-refractivity contribution is -0.146. The van der Waals surface area contributed by atoms with Crippen LogP contribution in [-0.2, 0) is 16.1 Å². The van der Waals surface area contributed by atoms with Gasteiger partial charge < -0.3 is 15.0 Å². The number of carbonyl (C=O) groups is 2. The Morgan fingerprint density at radius 1 is 1.07 bits per heavy atom. The summed E-state index contributed by atoms with van der Waals surface area (Å²) in [4.78, 5) is 27.5. The molecule has 5 nitrogen and oxygen atoms in total. The smallest absolute Gasteiger partial charge is 0.226 e. The number of ether oxygens (including phenoxy) is 1. The number of hydrogen-bond acceptors (Lipinski definition) is 3. The van der Waals surface area contributed by atoms with E-state index in [4.69, 9.17) is 4.74 Å². The molecule has 5 heteroatoms. The molecule has 4 bridgehead atoms. The molecule has 0 saturated heterocycles. The summed E-state index contributed by atoms with van der Waals surface area (Å²) in [5.41, 5.74) is 0.948. The minimum Gasteiger partial charge on any atom is -0.497 e. The average molecular weight is 399 g/mol. The first kappa shape index (κ1) is 20.2. The van der Waals surface area contributed by atoms with Gasteiger partial charge in [0, 0.05) is 31.5 Å². The van der Waals surface area contributed by atoms with Gasteiger partial charge in [-0.25, -0.2) is 0 Å². The topological polar surface area (TPSA) is 58.6 Å². The monoisotopic (exact) mass is 398 g/mol. The van der Waals surface area contributed by atoms with E-state index in [1.807, 2.05) is 36.1 Å². The molecule has 1 aromatic carbocycles. The number of nitrogens with one attached hydrogen (secondary N) is 1. The van der Waals surface area contributed by atoms with Crippen LogP contribution >= 0.6 is 0 Å². The van der Waals surface area contributed by atoms with E-state index in [9.17, 15) is 9.59 Å². The molecule has 1 N–H and O–H groups in total. The number of methoxy groups -OCH3 is 1. The molecular weight excluding hydrogens is 364 g/mol. The van der Waals surface area contributed by atoms with E-state index in [1.165, 1.54) is 19.3 Å². The Hall–Kier alpha value is -2.04. The first-order valence-corrected chi connectivity index (χ1v) is 11.2. The van der Waals surface area contributed by atoms with Crippen LogP contribution in [0.25, 0.3) is 0 Å². The zero-order valence-electron chi connectivity index (χ0n) is 17.8. The van der Waals surface area contributed by atoms with Crippen LogP contribution in [-0.4, -0.2) is 36.9 Å². The van der Waals surface area contributed by atoms with Crippen LogP contribution < -0.4 is 10.1 Å². The van der Waals surface area contributed by atoms with Gasteiger partial charge in [0.15, 0.2) is 0 Å². The van der Waals surface area contributed by atoms with Crippen molar-refractivity contribution in [1.29, 1.82) is 0 Å². The van der Waals surface area contributed by atoms with E-state index >= 15 is 0 Å². The van der Waals surface area contributed by atoms with Gasteiger partial charge in [0.25, 0.3) is 0 Å². The Kier molecular flexibility index (Phi) is 5.84. The fourth-order valence-corrected chi connectivity index (χ4v) is 6.34. The van der Waals surface area contributed by atoms with Gasteiger partial charge in [-0.2, -0.15) is 0 Å². The summed E-state index contributed by atoms with van der Waals surface area (Å²) >= 11 is 0. The zero-order chi connectivity index (χ0) is 20.4.